The molecule has 1 heterocycles. The molecule has 0 radical (unpaired) electrons. The van der Waals surface area contributed by atoms with Gasteiger partial charge >= 0.3 is 0 Å². The molecule has 0 aromatic carbocycles. The molecule has 20 heavy (non-hydrogen) atoms. The Hall–Kier alpha value is -1.29. The Kier molecular flexibility index (Phi) is 6.12. The molecule has 0 spiro atoms. The van der Waals surface area contributed by atoms with Crippen molar-refractivity contribution in [3.8, 4) is 5.88 Å². The fraction of sp³-hybridized carbons (Fsp3) is 0.688. The number of ether oxygens (including phenoxy) is 2. The van der Waals surface area contributed by atoms with E-state index in [0.717, 1.165) is 24.1 Å². The zero-order valence-corrected chi connectivity index (χ0v) is 12.6. The van der Waals surface area contributed by atoms with Crippen LogP contribution < -0.4 is 10.1 Å². The average Bonchev–Trinajstić information content (AvgIpc) is 2.48. The van der Waals surface area contributed by atoms with Gasteiger partial charge in [0.05, 0.1) is 18.5 Å². The van der Waals surface area contributed by atoms with Gasteiger partial charge in [0.2, 0.25) is 5.88 Å². The minimum Gasteiger partial charge on any atom is -0.475 e. The van der Waals surface area contributed by atoms with Gasteiger partial charge in [-0.1, -0.05) is 19.8 Å². The van der Waals surface area contributed by atoms with E-state index in [4.69, 9.17) is 9.47 Å². The van der Waals surface area contributed by atoms with E-state index in [1.807, 2.05) is 18.3 Å². The monoisotopic (exact) mass is 278 g/mol. The van der Waals surface area contributed by atoms with Crippen molar-refractivity contribution in [3.05, 3.63) is 18.3 Å². The van der Waals surface area contributed by atoms with Crippen LogP contribution in [0.25, 0.3) is 0 Å². The van der Waals surface area contributed by atoms with E-state index >= 15 is 0 Å². The van der Waals surface area contributed by atoms with Crippen LogP contribution in [0.3, 0.4) is 0 Å². The number of pyridine rings is 1. The molecule has 2 rings (SSSR count). The smallest absolute Gasteiger partial charge is 0.213 e. The van der Waals surface area contributed by atoms with Crippen LogP contribution in [0.2, 0.25) is 0 Å². The highest BCUT2D eigenvalue weighted by Gasteiger charge is 2.17. The van der Waals surface area contributed by atoms with E-state index in [2.05, 4.69) is 17.2 Å². The lowest BCUT2D eigenvalue weighted by molar-refractivity contribution is 0.144. The molecule has 1 aliphatic rings. The van der Waals surface area contributed by atoms with Crippen molar-refractivity contribution in [2.24, 2.45) is 11.8 Å². The first-order valence-corrected chi connectivity index (χ1v) is 7.59. The highest BCUT2D eigenvalue weighted by molar-refractivity contribution is 5.42. The van der Waals surface area contributed by atoms with Gasteiger partial charge in [-0.15, -0.1) is 0 Å². The molecule has 0 amide bonds. The quantitative estimate of drug-likeness (QED) is 0.777. The van der Waals surface area contributed by atoms with Crippen LogP contribution in [0.5, 0.6) is 5.88 Å². The second-order valence-corrected chi connectivity index (χ2v) is 5.73. The highest BCUT2D eigenvalue weighted by atomic mass is 16.5. The maximum atomic E-state index is 5.44. The third-order valence-corrected chi connectivity index (χ3v) is 4.00. The fourth-order valence-corrected chi connectivity index (χ4v) is 2.60. The van der Waals surface area contributed by atoms with Gasteiger partial charge in [-0.25, -0.2) is 4.98 Å². The summed E-state index contributed by atoms with van der Waals surface area (Å²) in [7, 11) is 1.66. The first kappa shape index (κ1) is 15.1. The van der Waals surface area contributed by atoms with Crippen LogP contribution in [0.4, 0.5) is 5.69 Å². The maximum Gasteiger partial charge on any atom is 0.213 e. The zero-order valence-electron chi connectivity index (χ0n) is 12.6. The topological polar surface area (TPSA) is 43.4 Å². The van der Waals surface area contributed by atoms with Crippen molar-refractivity contribution in [2.75, 3.05) is 32.2 Å². The van der Waals surface area contributed by atoms with Crippen LogP contribution >= 0.6 is 0 Å². The molecule has 0 saturated heterocycles. The zero-order chi connectivity index (χ0) is 14.2. The Morgan fingerprint density at radius 3 is 2.65 bits per heavy atom. The van der Waals surface area contributed by atoms with Crippen LogP contribution in [-0.2, 0) is 4.74 Å². The van der Waals surface area contributed by atoms with Crippen LogP contribution in [0, 0.1) is 11.8 Å². The molecule has 0 unspecified atom stereocenters. The number of hydrogen-bond donors (Lipinski definition) is 1. The van der Waals surface area contributed by atoms with E-state index in [-0.39, 0.29) is 0 Å². The summed E-state index contributed by atoms with van der Waals surface area (Å²) in [6.07, 6.45) is 7.28. The molecule has 1 aromatic rings. The molecule has 0 atom stereocenters. The van der Waals surface area contributed by atoms with Crippen molar-refractivity contribution >= 4 is 5.69 Å². The molecule has 0 aliphatic heterocycles. The maximum absolute atomic E-state index is 5.44. The summed E-state index contributed by atoms with van der Waals surface area (Å²) in [5.74, 6) is 2.37. The minimum atomic E-state index is 0.538. The van der Waals surface area contributed by atoms with Crippen molar-refractivity contribution in [3.63, 3.8) is 0 Å². The van der Waals surface area contributed by atoms with Crippen LogP contribution in [0.15, 0.2) is 18.3 Å². The van der Waals surface area contributed by atoms with Crippen molar-refractivity contribution in [2.45, 2.75) is 32.6 Å². The predicted molar refractivity (Wildman–Crippen MR) is 81.2 cm³/mol. The molecular formula is C16H26N2O2. The van der Waals surface area contributed by atoms with Crippen molar-refractivity contribution in [1.29, 1.82) is 0 Å². The number of nitrogens with one attached hydrogen (secondary N) is 1. The van der Waals surface area contributed by atoms with E-state index in [1.165, 1.54) is 25.7 Å². The first-order chi connectivity index (χ1) is 9.78. The van der Waals surface area contributed by atoms with Gasteiger partial charge in [-0.05, 0) is 30.7 Å². The number of rotatable bonds is 7. The van der Waals surface area contributed by atoms with Gasteiger partial charge in [0.15, 0.2) is 0 Å². The van der Waals surface area contributed by atoms with Crippen molar-refractivity contribution in [1.82, 2.24) is 4.98 Å². The number of hydrogen-bond acceptors (Lipinski definition) is 4. The molecule has 1 aliphatic carbocycles. The Morgan fingerprint density at radius 2 is 2.00 bits per heavy atom. The van der Waals surface area contributed by atoms with E-state index in [1.54, 1.807) is 7.11 Å². The third-order valence-electron chi connectivity index (χ3n) is 4.00. The standard InChI is InChI=1S/C16H26N2O2/c1-13-3-5-14(6-4-13)11-17-15-7-8-16(18-12-15)20-10-9-19-2/h7-8,12-14,17H,3-6,9-11H2,1-2H3. The molecule has 1 aromatic heterocycles. The molecular weight excluding hydrogens is 252 g/mol. The molecule has 4 nitrogen and oxygen atoms in total. The van der Waals surface area contributed by atoms with Gasteiger partial charge < -0.3 is 14.8 Å². The SMILES string of the molecule is COCCOc1ccc(NCC2CCC(C)CC2)cn1. The summed E-state index contributed by atoms with van der Waals surface area (Å²) < 4.78 is 10.4. The predicted octanol–water partition coefficient (Wildman–Crippen LogP) is 3.35. The van der Waals surface area contributed by atoms with Crippen LogP contribution in [0.1, 0.15) is 32.6 Å². The average molecular weight is 278 g/mol. The Balaban J connectivity index is 1.70. The van der Waals surface area contributed by atoms with Crippen LogP contribution in [-0.4, -0.2) is 31.9 Å². The Labute approximate surface area is 121 Å². The van der Waals surface area contributed by atoms with Gasteiger partial charge in [0.1, 0.15) is 6.61 Å². The molecule has 0 bridgehead atoms. The number of methoxy groups -OCH3 is 1. The molecule has 112 valence electrons. The second-order valence-electron chi connectivity index (χ2n) is 5.73. The Morgan fingerprint density at radius 1 is 1.20 bits per heavy atom. The van der Waals surface area contributed by atoms with E-state index in [9.17, 15) is 0 Å². The number of aromatic nitrogens is 1. The summed E-state index contributed by atoms with van der Waals surface area (Å²) in [5.41, 5.74) is 1.07. The molecule has 1 N–H and O–H groups in total. The molecule has 4 heteroatoms. The largest absolute Gasteiger partial charge is 0.475 e. The summed E-state index contributed by atoms with van der Waals surface area (Å²) in [5, 5.41) is 3.48. The second kappa shape index (κ2) is 8.10. The summed E-state index contributed by atoms with van der Waals surface area (Å²) in [4.78, 5) is 4.29. The summed E-state index contributed by atoms with van der Waals surface area (Å²) in [6, 6.07) is 3.93. The lowest BCUT2D eigenvalue weighted by Crippen LogP contribution is -2.20. The summed E-state index contributed by atoms with van der Waals surface area (Å²) in [6.45, 7) is 4.53. The normalized spacial score (nSPS) is 22.5. The highest BCUT2D eigenvalue weighted by Crippen LogP contribution is 2.28. The third kappa shape index (κ3) is 5.00. The minimum absolute atomic E-state index is 0.538. The fourth-order valence-electron chi connectivity index (χ4n) is 2.60. The molecule has 1 fully saturated rings. The number of nitrogens with zero attached hydrogens (tertiary/aromatic N) is 1. The van der Waals surface area contributed by atoms with E-state index in [0.29, 0.717) is 19.1 Å². The molecule has 1 saturated carbocycles. The van der Waals surface area contributed by atoms with Gasteiger partial charge in [0, 0.05) is 19.7 Å². The number of anilines is 1. The van der Waals surface area contributed by atoms with Gasteiger partial charge in [0.25, 0.3) is 0 Å². The Bertz CT molecular complexity index is 373. The lowest BCUT2D eigenvalue weighted by atomic mass is 9.83. The first-order valence-electron chi connectivity index (χ1n) is 7.59. The van der Waals surface area contributed by atoms with E-state index < -0.39 is 0 Å². The van der Waals surface area contributed by atoms with Gasteiger partial charge in [-0.2, -0.15) is 0 Å². The van der Waals surface area contributed by atoms with Gasteiger partial charge in [-0.3, -0.25) is 0 Å². The summed E-state index contributed by atoms with van der Waals surface area (Å²) >= 11 is 0. The lowest BCUT2D eigenvalue weighted by Gasteiger charge is -2.26. The van der Waals surface area contributed by atoms with Crippen molar-refractivity contribution < 1.29 is 9.47 Å².